The summed E-state index contributed by atoms with van der Waals surface area (Å²) < 4.78 is 10.9. The number of likely N-dealkylation sites (N-methyl/N-ethyl adjacent to an activating group) is 1. The number of ether oxygens (including phenoxy) is 2. The Morgan fingerprint density at radius 2 is 1.55 bits per heavy atom. The van der Waals surface area contributed by atoms with E-state index in [0.29, 0.717) is 18.8 Å². The number of anilines is 2. The first-order valence-electron chi connectivity index (χ1n) is 9.67. The molecule has 0 unspecified atom stereocenters. The average Bonchev–Trinajstić information content (AvgIpc) is 2.56. The number of rotatable bonds is 5. The number of aromatic nitrogens is 1. The maximum Gasteiger partial charge on any atom is 0.429 e. The third kappa shape index (κ3) is 8.45. The summed E-state index contributed by atoms with van der Waals surface area (Å²) in [6.45, 7) is 13.9. The second-order valence-electron chi connectivity index (χ2n) is 8.64. The Morgan fingerprint density at radius 3 is 2.00 bits per heavy atom. The molecule has 0 aliphatic rings. The highest BCUT2D eigenvalue weighted by Gasteiger charge is 2.30. The molecule has 1 heterocycles. The third-order valence-corrected chi connectivity index (χ3v) is 3.68. The van der Waals surface area contributed by atoms with Gasteiger partial charge in [-0.1, -0.05) is 0 Å². The molecule has 1 aromatic heterocycles. The maximum absolute atomic E-state index is 12.8. The van der Waals surface area contributed by atoms with Crippen LogP contribution in [-0.2, 0) is 9.47 Å². The van der Waals surface area contributed by atoms with Crippen molar-refractivity contribution in [3.63, 3.8) is 0 Å². The Bertz CT molecular complexity index is 680. The Hall–Kier alpha value is -2.71. The normalized spacial score (nSPS) is 11.6. The number of nitrogen functional groups attached to an aromatic ring is 1. The Balaban J connectivity index is 2.99. The van der Waals surface area contributed by atoms with Crippen LogP contribution < -0.4 is 10.6 Å². The van der Waals surface area contributed by atoms with Crippen molar-refractivity contribution in [3.05, 3.63) is 18.3 Å². The molecule has 0 aliphatic carbocycles. The van der Waals surface area contributed by atoms with Crippen LogP contribution in [0.3, 0.4) is 0 Å². The Labute approximate surface area is 173 Å². The van der Waals surface area contributed by atoms with Gasteiger partial charge in [0.25, 0.3) is 0 Å². The van der Waals surface area contributed by atoms with Crippen LogP contribution in [-0.4, -0.2) is 65.1 Å². The van der Waals surface area contributed by atoms with Crippen LogP contribution >= 0.6 is 0 Å². The summed E-state index contributed by atoms with van der Waals surface area (Å²) in [5.41, 5.74) is 4.89. The molecule has 9 heteroatoms. The first kappa shape index (κ1) is 24.3. The number of nitrogens with zero attached hydrogens (tertiary/aromatic N) is 4. The zero-order valence-electron chi connectivity index (χ0n) is 18.9. The smallest absolute Gasteiger partial charge is 0.429 e. The molecule has 1 aromatic rings. The summed E-state index contributed by atoms with van der Waals surface area (Å²) in [4.78, 5) is 31.6. The number of hydrogen-bond donors (Lipinski definition) is 1. The van der Waals surface area contributed by atoms with Gasteiger partial charge in [-0.3, -0.25) is 0 Å². The molecule has 0 bridgehead atoms. The van der Waals surface area contributed by atoms with Gasteiger partial charge in [-0.15, -0.1) is 0 Å². The fraction of sp³-hybridized carbons (Fsp3) is 0.650. The van der Waals surface area contributed by atoms with Crippen LogP contribution in [0.5, 0.6) is 0 Å². The van der Waals surface area contributed by atoms with E-state index in [0.717, 1.165) is 10.8 Å². The van der Waals surface area contributed by atoms with Crippen molar-refractivity contribution in [1.29, 1.82) is 0 Å². The zero-order chi connectivity index (χ0) is 22.4. The molecule has 0 fully saturated rings. The molecule has 9 nitrogen and oxygen atoms in total. The molecule has 0 aliphatic heterocycles. The van der Waals surface area contributed by atoms with Crippen LogP contribution in [0.15, 0.2) is 18.3 Å². The zero-order valence-corrected chi connectivity index (χ0v) is 18.9. The van der Waals surface area contributed by atoms with Gasteiger partial charge < -0.3 is 20.1 Å². The third-order valence-electron chi connectivity index (χ3n) is 3.68. The molecule has 0 atom stereocenters. The fourth-order valence-electron chi connectivity index (χ4n) is 2.34. The lowest BCUT2D eigenvalue weighted by atomic mass is 10.2. The predicted octanol–water partition coefficient (Wildman–Crippen LogP) is 3.51. The molecular weight excluding hydrogens is 374 g/mol. The minimum atomic E-state index is -0.701. The van der Waals surface area contributed by atoms with Crippen molar-refractivity contribution < 1.29 is 19.1 Å². The van der Waals surface area contributed by atoms with Crippen LogP contribution in [0.25, 0.3) is 0 Å². The molecule has 2 amide bonds. The first-order valence-corrected chi connectivity index (χ1v) is 9.67. The van der Waals surface area contributed by atoms with Gasteiger partial charge >= 0.3 is 12.2 Å². The molecule has 29 heavy (non-hydrogen) atoms. The summed E-state index contributed by atoms with van der Waals surface area (Å²) >= 11 is 0. The minimum absolute atomic E-state index is 0.199. The van der Waals surface area contributed by atoms with Crippen molar-refractivity contribution in [2.24, 2.45) is 0 Å². The van der Waals surface area contributed by atoms with Crippen molar-refractivity contribution in [2.45, 2.75) is 59.7 Å². The van der Waals surface area contributed by atoms with Gasteiger partial charge in [-0.05, 0) is 60.6 Å². The largest absolute Gasteiger partial charge is 0.442 e. The van der Waals surface area contributed by atoms with Crippen LogP contribution in [0.1, 0.15) is 48.5 Å². The van der Waals surface area contributed by atoms with Gasteiger partial charge in [-0.25, -0.2) is 24.6 Å². The second kappa shape index (κ2) is 9.67. The van der Waals surface area contributed by atoms with Crippen molar-refractivity contribution in [3.8, 4) is 0 Å². The lowest BCUT2D eigenvalue weighted by Crippen LogP contribution is -2.53. The van der Waals surface area contributed by atoms with Gasteiger partial charge in [0.1, 0.15) is 17.0 Å². The Kier molecular flexibility index (Phi) is 8.11. The molecule has 0 saturated heterocycles. The van der Waals surface area contributed by atoms with Crippen LogP contribution in [0, 0.1) is 0 Å². The highest BCUT2D eigenvalue weighted by atomic mass is 16.6. The first-order chi connectivity index (χ1) is 13.2. The van der Waals surface area contributed by atoms with Crippen molar-refractivity contribution in [2.75, 3.05) is 37.3 Å². The molecule has 0 spiro atoms. The molecule has 164 valence electrons. The van der Waals surface area contributed by atoms with E-state index in [1.807, 2.05) is 17.9 Å². The molecule has 0 radical (unpaired) electrons. The lowest BCUT2D eigenvalue weighted by Gasteiger charge is -2.35. The SMILES string of the molecule is CCN(CCN(C(=O)OC(C)(C)C)N(C)C(=O)OC(C)(C)C)c1ccc(N)cn1. The number of carbonyl (C=O) groups excluding carboxylic acids is 2. The standard InChI is InChI=1S/C20H35N5O4/c1-9-24(16-11-10-15(21)14-22-16)12-13-25(18(27)29-20(5,6)7)23(8)17(26)28-19(2,3)4/h10-11,14H,9,12-13,21H2,1-8H3. The monoisotopic (exact) mass is 409 g/mol. The summed E-state index contributed by atoms with van der Waals surface area (Å²) in [5.74, 6) is 0.728. The van der Waals surface area contributed by atoms with Gasteiger partial charge in [0.05, 0.1) is 18.4 Å². The number of nitrogens with two attached hydrogens (primary N) is 1. The van der Waals surface area contributed by atoms with E-state index < -0.39 is 23.4 Å². The lowest BCUT2D eigenvalue weighted by molar-refractivity contribution is -0.0516. The highest BCUT2D eigenvalue weighted by Crippen LogP contribution is 2.16. The molecule has 1 rings (SSSR count). The van der Waals surface area contributed by atoms with E-state index in [1.165, 1.54) is 12.1 Å². The quantitative estimate of drug-likeness (QED) is 0.743. The molecule has 0 saturated carbocycles. The van der Waals surface area contributed by atoms with Gasteiger partial charge in [-0.2, -0.15) is 0 Å². The van der Waals surface area contributed by atoms with E-state index in [2.05, 4.69) is 4.98 Å². The molecular formula is C20H35N5O4. The summed E-state index contributed by atoms with van der Waals surface area (Å²) in [7, 11) is 1.48. The fourth-order valence-corrected chi connectivity index (χ4v) is 2.34. The maximum atomic E-state index is 12.8. The highest BCUT2D eigenvalue weighted by molar-refractivity contribution is 5.74. The summed E-state index contributed by atoms with van der Waals surface area (Å²) in [6, 6.07) is 3.58. The summed E-state index contributed by atoms with van der Waals surface area (Å²) in [6.07, 6.45) is 0.306. The average molecular weight is 410 g/mol. The van der Waals surface area contributed by atoms with Crippen LogP contribution in [0.2, 0.25) is 0 Å². The number of hydrazine groups is 1. The Morgan fingerprint density at radius 1 is 1.00 bits per heavy atom. The molecule has 2 N–H and O–H groups in total. The second-order valence-corrected chi connectivity index (χ2v) is 8.64. The van der Waals surface area contributed by atoms with E-state index in [9.17, 15) is 9.59 Å². The van der Waals surface area contributed by atoms with Gasteiger partial charge in [0.15, 0.2) is 0 Å². The van der Waals surface area contributed by atoms with Crippen LogP contribution in [0.4, 0.5) is 21.1 Å². The van der Waals surface area contributed by atoms with E-state index in [1.54, 1.807) is 53.8 Å². The number of pyridine rings is 1. The topological polar surface area (TPSA) is 101 Å². The predicted molar refractivity (Wildman–Crippen MR) is 113 cm³/mol. The van der Waals surface area contributed by atoms with Gasteiger partial charge in [0, 0.05) is 20.1 Å². The minimum Gasteiger partial charge on any atom is -0.442 e. The summed E-state index contributed by atoms with van der Waals surface area (Å²) in [5, 5.41) is 2.38. The van der Waals surface area contributed by atoms with Crippen molar-refractivity contribution >= 4 is 23.7 Å². The number of hydrogen-bond acceptors (Lipinski definition) is 7. The van der Waals surface area contributed by atoms with E-state index >= 15 is 0 Å². The van der Waals surface area contributed by atoms with Crippen molar-refractivity contribution in [1.82, 2.24) is 15.0 Å². The molecule has 0 aromatic carbocycles. The number of amides is 2. The van der Waals surface area contributed by atoms with Gasteiger partial charge in [0.2, 0.25) is 0 Å². The van der Waals surface area contributed by atoms with E-state index in [4.69, 9.17) is 15.2 Å². The number of carbonyl (C=O) groups is 2. The van der Waals surface area contributed by atoms with E-state index in [-0.39, 0.29) is 6.54 Å².